The van der Waals surface area contributed by atoms with Crippen LogP contribution < -0.4 is 0 Å². The first-order valence-electron chi connectivity index (χ1n) is 3.48. The zero-order chi connectivity index (χ0) is 9.02. The van der Waals surface area contributed by atoms with Gasteiger partial charge in [0.05, 0.1) is 6.10 Å². The molecule has 0 amide bonds. The van der Waals surface area contributed by atoms with Crippen molar-refractivity contribution in [3.63, 3.8) is 0 Å². The van der Waals surface area contributed by atoms with Crippen molar-refractivity contribution >= 4 is 5.78 Å². The second-order valence-electron chi connectivity index (χ2n) is 2.71. The molecule has 0 heterocycles. The van der Waals surface area contributed by atoms with E-state index in [1.54, 1.807) is 6.92 Å². The summed E-state index contributed by atoms with van der Waals surface area (Å²) < 4.78 is 0. The molecule has 3 N–H and O–H groups in total. The summed E-state index contributed by atoms with van der Waals surface area (Å²) in [5.41, 5.74) is 0. The molecular weight excluding hydrogens is 148 g/mol. The first-order chi connectivity index (χ1) is 5.00. The number of carbonyl (C=O) groups excluding carboxylic acids is 1. The molecule has 0 aliphatic heterocycles. The van der Waals surface area contributed by atoms with E-state index in [2.05, 4.69) is 0 Å². The van der Waals surface area contributed by atoms with Gasteiger partial charge >= 0.3 is 0 Å². The Morgan fingerprint density at radius 3 is 2.18 bits per heavy atom. The predicted octanol–water partition coefficient (Wildman–Crippen LogP) is -1.07. The van der Waals surface area contributed by atoms with Crippen LogP contribution in [0.1, 0.15) is 13.8 Å². The number of hydrogen-bond donors (Lipinski definition) is 3. The standard InChI is InChI=1S/C7H14O4/c1-4(3-8)6(10)7(11)5(2)9/h4,6-8,10-11H,3H2,1-2H3/t4-,6+,7+/m0/s1. The highest BCUT2D eigenvalue weighted by Gasteiger charge is 2.25. The highest BCUT2D eigenvalue weighted by Crippen LogP contribution is 2.06. The van der Waals surface area contributed by atoms with Crippen LogP contribution in [0.2, 0.25) is 0 Å². The van der Waals surface area contributed by atoms with Crippen LogP contribution in [-0.4, -0.2) is 39.9 Å². The summed E-state index contributed by atoms with van der Waals surface area (Å²) in [7, 11) is 0. The number of carbonyl (C=O) groups is 1. The Kier molecular flexibility index (Phi) is 4.25. The quantitative estimate of drug-likeness (QED) is 0.491. The summed E-state index contributed by atoms with van der Waals surface area (Å²) in [5, 5.41) is 26.7. The molecule has 0 bridgehead atoms. The van der Waals surface area contributed by atoms with Gasteiger partial charge in [0.25, 0.3) is 0 Å². The molecule has 0 radical (unpaired) electrons. The molecule has 0 unspecified atom stereocenters. The van der Waals surface area contributed by atoms with E-state index in [9.17, 15) is 4.79 Å². The van der Waals surface area contributed by atoms with Crippen LogP contribution in [-0.2, 0) is 4.79 Å². The number of aliphatic hydroxyl groups is 3. The fourth-order valence-corrected chi connectivity index (χ4v) is 0.660. The van der Waals surface area contributed by atoms with E-state index in [4.69, 9.17) is 15.3 Å². The number of Topliss-reactive ketones (excluding diaryl/α,β-unsaturated/α-hetero) is 1. The molecule has 0 aliphatic carbocycles. The third kappa shape index (κ3) is 2.96. The molecule has 0 saturated heterocycles. The lowest BCUT2D eigenvalue weighted by molar-refractivity contribution is -0.133. The SMILES string of the molecule is CC(=O)[C@@H](O)[C@H](O)[C@@H](C)CO. The monoisotopic (exact) mass is 162 g/mol. The molecule has 0 saturated carbocycles. The number of rotatable bonds is 4. The molecule has 66 valence electrons. The fourth-order valence-electron chi connectivity index (χ4n) is 0.660. The lowest BCUT2D eigenvalue weighted by atomic mass is 9.99. The maximum Gasteiger partial charge on any atom is 0.160 e. The van der Waals surface area contributed by atoms with Gasteiger partial charge in [0.1, 0.15) is 6.10 Å². The highest BCUT2D eigenvalue weighted by atomic mass is 16.3. The average Bonchev–Trinajstić information content (AvgIpc) is 2.00. The minimum atomic E-state index is -1.38. The van der Waals surface area contributed by atoms with Crippen LogP contribution in [0.5, 0.6) is 0 Å². The molecule has 0 rings (SSSR count). The molecule has 11 heavy (non-hydrogen) atoms. The van der Waals surface area contributed by atoms with Crippen LogP contribution in [0.4, 0.5) is 0 Å². The van der Waals surface area contributed by atoms with Gasteiger partial charge in [-0.1, -0.05) is 6.92 Å². The summed E-state index contributed by atoms with van der Waals surface area (Å²) in [5.74, 6) is -0.966. The second kappa shape index (κ2) is 4.43. The molecule has 0 aromatic heterocycles. The van der Waals surface area contributed by atoms with Gasteiger partial charge in [-0.25, -0.2) is 0 Å². The zero-order valence-electron chi connectivity index (χ0n) is 6.69. The molecule has 4 heteroatoms. The third-order valence-electron chi connectivity index (χ3n) is 1.61. The molecule has 4 nitrogen and oxygen atoms in total. The Balaban J connectivity index is 4.00. The summed E-state index contributed by atoms with van der Waals surface area (Å²) in [6, 6.07) is 0. The molecule has 0 fully saturated rings. The first-order valence-corrected chi connectivity index (χ1v) is 3.48. The van der Waals surface area contributed by atoms with E-state index in [-0.39, 0.29) is 6.61 Å². The maximum atomic E-state index is 10.5. The highest BCUT2D eigenvalue weighted by molar-refractivity contribution is 5.80. The second-order valence-corrected chi connectivity index (χ2v) is 2.71. The lowest BCUT2D eigenvalue weighted by Crippen LogP contribution is -2.38. The minimum absolute atomic E-state index is 0.245. The predicted molar refractivity (Wildman–Crippen MR) is 38.9 cm³/mol. The van der Waals surface area contributed by atoms with Crippen LogP contribution >= 0.6 is 0 Å². The number of aliphatic hydroxyl groups excluding tert-OH is 3. The van der Waals surface area contributed by atoms with Crippen molar-refractivity contribution in [3.8, 4) is 0 Å². The summed E-state index contributed by atoms with van der Waals surface area (Å²) >= 11 is 0. The van der Waals surface area contributed by atoms with E-state index < -0.39 is 23.9 Å². The van der Waals surface area contributed by atoms with Crippen molar-refractivity contribution in [2.24, 2.45) is 5.92 Å². The maximum absolute atomic E-state index is 10.5. The Morgan fingerprint density at radius 1 is 1.45 bits per heavy atom. The Labute approximate surface area is 65.5 Å². The van der Waals surface area contributed by atoms with Gasteiger partial charge in [-0.05, 0) is 6.92 Å². The van der Waals surface area contributed by atoms with Gasteiger partial charge in [-0.3, -0.25) is 4.79 Å². The Bertz CT molecular complexity index is 134. The fraction of sp³-hybridized carbons (Fsp3) is 0.857. The Hall–Kier alpha value is -0.450. The van der Waals surface area contributed by atoms with E-state index >= 15 is 0 Å². The van der Waals surface area contributed by atoms with Crippen LogP contribution in [0.3, 0.4) is 0 Å². The van der Waals surface area contributed by atoms with Crippen molar-refractivity contribution in [1.29, 1.82) is 0 Å². The largest absolute Gasteiger partial charge is 0.396 e. The van der Waals surface area contributed by atoms with Crippen LogP contribution in [0.25, 0.3) is 0 Å². The number of hydrogen-bond acceptors (Lipinski definition) is 4. The van der Waals surface area contributed by atoms with Gasteiger partial charge < -0.3 is 15.3 Å². The molecule has 3 atom stereocenters. The molecule has 0 aromatic carbocycles. The van der Waals surface area contributed by atoms with Crippen molar-refractivity contribution in [1.82, 2.24) is 0 Å². The Morgan fingerprint density at radius 2 is 1.91 bits per heavy atom. The molecular formula is C7H14O4. The van der Waals surface area contributed by atoms with Crippen molar-refractivity contribution in [2.45, 2.75) is 26.1 Å². The smallest absolute Gasteiger partial charge is 0.160 e. The normalized spacial score (nSPS) is 19.0. The van der Waals surface area contributed by atoms with Crippen molar-refractivity contribution in [3.05, 3.63) is 0 Å². The third-order valence-corrected chi connectivity index (χ3v) is 1.61. The molecule has 0 spiro atoms. The van der Waals surface area contributed by atoms with Crippen molar-refractivity contribution in [2.75, 3.05) is 6.61 Å². The van der Waals surface area contributed by atoms with E-state index in [1.165, 1.54) is 6.92 Å². The molecule has 0 aromatic rings. The van der Waals surface area contributed by atoms with Crippen molar-refractivity contribution < 1.29 is 20.1 Å². The summed E-state index contributed by atoms with van der Waals surface area (Å²) in [4.78, 5) is 10.5. The first kappa shape index (κ1) is 10.6. The summed E-state index contributed by atoms with van der Waals surface area (Å²) in [6.07, 6.45) is -2.55. The van der Waals surface area contributed by atoms with Crippen LogP contribution in [0, 0.1) is 5.92 Å². The lowest BCUT2D eigenvalue weighted by Gasteiger charge is -2.19. The van der Waals surface area contributed by atoms with Gasteiger partial charge in [0, 0.05) is 12.5 Å². The average molecular weight is 162 g/mol. The number of ketones is 1. The van der Waals surface area contributed by atoms with Crippen LogP contribution in [0.15, 0.2) is 0 Å². The van der Waals surface area contributed by atoms with E-state index in [1.807, 2.05) is 0 Å². The zero-order valence-corrected chi connectivity index (χ0v) is 6.69. The van der Waals surface area contributed by atoms with Gasteiger partial charge in [0.2, 0.25) is 0 Å². The molecule has 0 aliphatic rings. The van der Waals surface area contributed by atoms with Gasteiger partial charge in [0.15, 0.2) is 5.78 Å². The van der Waals surface area contributed by atoms with E-state index in [0.717, 1.165) is 0 Å². The minimum Gasteiger partial charge on any atom is -0.396 e. The van der Waals surface area contributed by atoms with Gasteiger partial charge in [-0.2, -0.15) is 0 Å². The summed E-state index contributed by atoms with van der Waals surface area (Å²) in [6.45, 7) is 2.50. The van der Waals surface area contributed by atoms with Gasteiger partial charge in [-0.15, -0.1) is 0 Å². The topological polar surface area (TPSA) is 77.8 Å². The van der Waals surface area contributed by atoms with E-state index in [0.29, 0.717) is 0 Å².